The third kappa shape index (κ3) is 2.85. The summed E-state index contributed by atoms with van der Waals surface area (Å²) in [4.78, 5) is 41.3. The van der Waals surface area contributed by atoms with Crippen LogP contribution in [0.4, 0.5) is 5.69 Å². The normalized spacial score (nSPS) is 19.2. The van der Waals surface area contributed by atoms with Crippen LogP contribution in [0.2, 0.25) is 0 Å². The first-order valence-electron chi connectivity index (χ1n) is 8.65. The van der Waals surface area contributed by atoms with E-state index >= 15 is 0 Å². The van der Waals surface area contributed by atoms with Gasteiger partial charge in [-0.1, -0.05) is 12.1 Å². The molecule has 2 aliphatic rings. The highest BCUT2D eigenvalue weighted by molar-refractivity contribution is 6.12. The smallest absolute Gasteiger partial charge is 0.256 e. The van der Waals surface area contributed by atoms with Gasteiger partial charge in [0.05, 0.1) is 24.1 Å². The van der Waals surface area contributed by atoms with E-state index in [-0.39, 0.29) is 30.8 Å². The Labute approximate surface area is 150 Å². The Kier molecular flexibility index (Phi) is 4.20. The molecule has 1 aromatic heterocycles. The van der Waals surface area contributed by atoms with Gasteiger partial charge >= 0.3 is 0 Å². The molecule has 134 valence electrons. The lowest BCUT2D eigenvalue weighted by Gasteiger charge is -2.25. The topological polar surface area (TPSA) is 82.9 Å². The van der Waals surface area contributed by atoms with Crippen LogP contribution in [0.1, 0.15) is 29.0 Å². The Balaban J connectivity index is 1.58. The quantitative estimate of drug-likeness (QED) is 0.904. The van der Waals surface area contributed by atoms with Crippen LogP contribution in [0, 0.1) is 0 Å². The second-order valence-corrected chi connectivity index (χ2v) is 6.45. The first-order chi connectivity index (χ1) is 12.6. The van der Waals surface area contributed by atoms with Crippen molar-refractivity contribution in [1.29, 1.82) is 0 Å². The molecule has 1 atom stereocenters. The highest BCUT2D eigenvalue weighted by atomic mass is 16.3. The van der Waals surface area contributed by atoms with Crippen molar-refractivity contribution in [2.45, 2.75) is 25.4 Å². The summed E-state index contributed by atoms with van der Waals surface area (Å²) in [5.41, 5.74) is 0.953. The van der Waals surface area contributed by atoms with Gasteiger partial charge in [-0.05, 0) is 37.1 Å². The van der Waals surface area contributed by atoms with E-state index in [0.29, 0.717) is 30.0 Å². The third-order valence-corrected chi connectivity index (χ3v) is 4.83. The summed E-state index contributed by atoms with van der Waals surface area (Å²) >= 11 is 0. The van der Waals surface area contributed by atoms with E-state index in [2.05, 4.69) is 5.32 Å². The fraction of sp³-hybridized carbons (Fsp3) is 0.316. The lowest BCUT2D eigenvalue weighted by molar-refractivity contribution is -0.125. The number of amides is 3. The minimum Gasteiger partial charge on any atom is -0.467 e. The van der Waals surface area contributed by atoms with Crippen molar-refractivity contribution < 1.29 is 18.8 Å². The number of rotatable bonds is 4. The molecule has 26 heavy (non-hydrogen) atoms. The molecule has 7 nitrogen and oxygen atoms in total. The van der Waals surface area contributed by atoms with Crippen LogP contribution in [0.3, 0.4) is 0 Å². The molecule has 0 bridgehead atoms. The maximum atomic E-state index is 13.0. The highest BCUT2D eigenvalue weighted by Crippen LogP contribution is 2.32. The Morgan fingerprint density at radius 3 is 2.85 bits per heavy atom. The van der Waals surface area contributed by atoms with E-state index in [1.54, 1.807) is 41.3 Å². The van der Waals surface area contributed by atoms with Crippen molar-refractivity contribution in [3.8, 4) is 0 Å². The molecule has 0 aliphatic carbocycles. The zero-order valence-corrected chi connectivity index (χ0v) is 14.2. The van der Waals surface area contributed by atoms with Crippen molar-refractivity contribution in [3.63, 3.8) is 0 Å². The van der Waals surface area contributed by atoms with Crippen molar-refractivity contribution in [1.82, 2.24) is 10.2 Å². The largest absolute Gasteiger partial charge is 0.467 e. The molecule has 2 aromatic rings. The first-order valence-corrected chi connectivity index (χ1v) is 8.65. The van der Waals surface area contributed by atoms with Crippen LogP contribution in [-0.4, -0.2) is 41.8 Å². The van der Waals surface area contributed by atoms with Gasteiger partial charge in [0.2, 0.25) is 11.8 Å². The summed E-state index contributed by atoms with van der Waals surface area (Å²) in [6.07, 6.45) is 2.96. The SMILES string of the molecule is O=C(CN1C(=O)[C@@H]2CCCN2C(=O)c2ccccc21)NCc1ccco1. The predicted molar refractivity (Wildman–Crippen MR) is 93.4 cm³/mol. The lowest BCUT2D eigenvalue weighted by atomic mass is 10.1. The van der Waals surface area contributed by atoms with E-state index in [9.17, 15) is 14.4 Å². The van der Waals surface area contributed by atoms with E-state index in [4.69, 9.17) is 4.42 Å². The number of fused-ring (bicyclic) bond motifs is 2. The molecular weight excluding hydrogens is 334 g/mol. The maximum Gasteiger partial charge on any atom is 0.256 e. The Hall–Kier alpha value is -3.09. The summed E-state index contributed by atoms with van der Waals surface area (Å²) in [6, 6.07) is 9.98. The van der Waals surface area contributed by atoms with Gasteiger partial charge < -0.3 is 19.5 Å². The van der Waals surface area contributed by atoms with Gasteiger partial charge in [-0.15, -0.1) is 0 Å². The van der Waals surface area contributed by atoms with Gasteiger partial charge in [0.15, 0.2) is 0 Å². The van der Waals surface area contributed by atoms with Gasteiger partial charge in [-0.3, -0.25) is 14.4 Å². The number of carbonyl (C=O) groups is 3. The van der Waals surface area contributed by atoms with Gasteiger partial charge in [-0.25, -0.2) is 0 Å². The second kappa shape index (κ2) is 6.67. The fourth-order valence-corrected chi connectivity index (χ4v) is 3.57. The number of nitrogens with zero attached hydrogens (tertiary/aromatic N) is 2. The molecule has 1 fully saturated rings. The highest BCUT2D eigenvalue weighted by Gasteiger charge is 2.42. The molecule has 2 aliphatic heterocycles. The molecule has 3 heterocycles. The molecule has 4 rings (SSSR count). The number of hydrogen-bond donors (Lipinski definition) is 1. The van der Waals surface area contributed by atoms with Gasteiger partial charge in [-0.2, -0.15) is 0 Å². The van der Waals surface area contributed by atoms with Crippen LogP contribution in [-0.2, 0) is 16.1 Å². The number of hydrogen-bond acceptors (Lipinski definition) is 4. The minimum absolute atomic E-state index is 0.131. The molecular formula is C19H19N3O4. The van der Waals surface area contributed by atoms with E-state index < -0.39 is 6.04 Å². The average Bonchev–Trinajstić information content (AvgIpc) is 3.33. The Morgan fingerprint density at radius 1 is 1.19 bits per heavy atom. The van der Waals surface area contributed by atoms with E-state index in [1.165, 1.54) is 11.2 Å². The summed E-state index contributed by atoms with van der Waals surface area (Å²) in [5, 5.41) is 2.75. The number of carbonyl (C=O) groups excluding carboxylic acids is 3. The molecule has 0 unspecified atom stereocenters. The maximum absolute atomic E-state index is 13.0. The third-order valence-electron chi connectivity index (χ3n) is 4.83. The summed E-state index contributed by atoms with van der Waals surface area (Å²) in [6.45, 7) is 0.695. The summed E-state index contributed by atoms with van der Waals surface area (Å²) in [5.74, 6) is -0.00886. The van der Waals surface area contributed by atoms with Crippen molar-refractivity contribution in [2.24, 2.45) is 0 Å². The molecule has 1 N–H and O–H groups in total. The number of anilines is 1. The standard InChI is InChI=1S/C19H19N3O4/c23-17(20-11-13-5-4-10-26-13)12-22-15-7-2-1-6-14(15)18(24)21-9-3-8-16(21)19(22)25/h1-2,4-7,10,16H,3,8-9,11-12H2,(H,20,23)/t16-/m0/s1. The van der Waals surface area contributed by atoms with E-state index in [0.717, 1.165) is 6.42 Å². The lowest BCUT2D eigenvalue weighted by Crippen LogP contribution is -2.48. The van der Waals surface area contributed by atoms with Gasteiger partial charge in [0.25, 0.3) is 5.91 Å². The average molecular weight is 353 g/mol. The monoisotopic (exact) mass is 353 g/mol. The van der Waals surface area contributed by atoms with Gasteiger partial charge in [0, 0.05) is 6.54 Å². The minimum atomic E-state index is -0.493. The second-order valence-electron chi connectivity index (χ2n) is 6.45. The van der Waals surface area contributed by atoms with Crippen LogP contribution in [0.15, 0.2) is 47.1 Å². The molecule has 1 saturated heterocycles. The number of nitrogens with one attached hydrogen (secondary N) is 1. The number of benzene rings is 1. The van der Waals surface area contributed by atoms with Crippen molar-refractivity contribution in [2.75, 3.05) is 18.0 Å². The molecule has 0 saturated carbocycles. The van der Waals surface area contributed by atoms with E-state index in [1.807, 2.05) is 0 Å². The number of para-hydroxylation sites is 1. The molecule has 1 aromatic carbocycles. The zero-order chi connectivity index (χ0) is 18.1. The zero-order valence-electron chi connectivity index (χ0n) is 14.2. The summed E-state index contributed by atoms with van der Waals surface area (Å²) < 4.78 is 5.20. The number of furan rings is 1. The Morgan fingerprint density at radius 2 is 2.04 bits per heavy atom. The van der Waals surface area contributed by atoms with Crippen molar-refractivity contribution in [3.05, 3.63) is 54.0 Å². The molecule has 0 spiro atoms. The molecule has 3 amide bonds. The summed E-state index contributed by atoms with van der Waals surface area (Å²) in [7, 11) is 0. The van der Waals surface area contributed by atoms with Crippen LogP contribution >= 0.6 is 0 Å². The van der Waals surface area contributed by atoms with Crippen LogP contribution < -0.4 is 10.2 Å². The molecule has 7 heteroatoms. The molecule has 0 radical (unpaired) electrons. The van der Waals surface area contributed by atoms with Gasteiger partial charge in [0.1, 0.15) is 18.3 Å². The van der Waals surface area contributed by atoms with Crippen LogP contribution in [0.5, 0.6) is 0 Å². The Bertz CT molecular complexity index is 846. The van der Waals surface area contributed by atoms with Crippen LogP contribution in [0.25, 0.3) is 0 Å². The predicted octanol–water partition coefficient (Wildman–Crippen LogP) is 1.55. The fourth-order valence-electron chi connectivity index (χ4n) is 3.57. The van der Waals surface area contributed by atoms with Crippen molar-refractivity contribution >= 4 is 23.4 Å². The first kappa shape index (κ1) is 16.4.